The summed E-state index contributed by atoms with van der Waals surface area (Å²) in [6, 6.07) is 7.58. The smallest absolute Gasteiger partial charge is 0.315 e. The van der Waals surface area contributed by atoms with Crippen LogP contribution in [-0.2, 0) is 13.1 Å². The molecule has 10 heteroatoms. The number of piperidine rings is 1. The van der Waals surface area contributed by atoms with Crippen molar-refractivity contribution in [3.8, 4) is 0 Å². The molecule has 0 aliphatic carbocycles. The number of pyridine rings is 1. The molecule has 2 N–H and O–H groups in total. The fraction of sp³-hybridized carbons (Fsp3) is 0.586. The van der Waals surface area contributed by atoms with Gasteiger partial charge < -0.3 is 15.5 Å². The van der Waals surface area contributed by atoms with Gasteiger partial charge in [-0.3, -0.25) is 9.80 Å². The average Bonchev–Trinajstić information content (AvgIpc) is 2.88. The summed E-state index contributed by atoms with van der Waals surface area (Å²) in [6.45, 7) is 13.7. The SMILES string of the molecule is CC[C@H]1CN(c2ncc(CNC(=O)NC(C)(C)C)cc2Cl)CCN1C1CCN(Cc2ccc(Cl)cc2F)CC1. The highest BCUT2D eigenvalue weighted by atomic mass is 35.5. The fourth-order valence-corrected chi connectivity index (χ4v) is 6.04. The molecule has 214 valence electrons. The number of nitrogens with one attached hydrogen (secondary N) is 2. The third-order valence-corrected chi connectivity index (χ3v) is 8.07. The third kappa shape index (κ3) is 8.19. The van der Waals surface area contributed by atoms with Gasteiger partial charge in [-0.15, -0.1) is 0 Å². The monoisotopic (exact) mass is 578 g/mol. The largest absolute Gasteiger partial charge is 0.353 e. The van der Waals surface area contributed by atoms with Gasteiger partial charge in [0.25, 0.3) is 0 Å². The first-order valence-corrected chi connectivity index (χ1v) is 14.7. The fourth-order valence-electron chi connectivity index (χ4n) is 5.57. The number of carbonyl (C=O) groups excluding carboxylic acids is 1. The molecule has 7 nitrogen and oxygen atoms in total. The zero-order valence-corrected chi connectivity index (χ0v) is 25.0. The van der Waals surface area contributed by atoms with E-state index in [1.54, 1.807) is 18.3 Å². The third-order valence-electron chi connectivity index (χ3n) is 7.55. The van der Waals surface area contributed by atoms with Crippen LogP contribution in [0.1, 0.15) is 58.1 Å². The van der Waals surface area contributed by atoms with E-state index in [0.29, 0.717) is 40.8 Å². The average molecular weight is 580 g/mol. The minimum Gasteiger partial charge on any atom is -0.353 e. The second kappa shape index (κ2) is 13.0. The lowest BCUT2D eigenvalue weighted by molar-refractivity contribution is 0.0607. The highest BCUT2D eigenvalue weighted by Crippen LogP contribution is 2.30. The van der Waals surface area contributed by atoms with Crippen molar-refractivity contribution in [1.82, 2.24) is 25.4 Å². The molecule has 2 amide bonds. The van der Waals surface area contributed by atoms with E-state index in [1.807, 2.05) is 26.8 Å². The standard InChI is InChI=1S/C29H41Cl2FN6O/c1-5-23-19-37(27-25(31)14-20(16-33-27)17-34-28(39)35-29(2,3)4)12-13-38(23)24-8-10-36(11-9-24)18-21-6-7-22(30)15-26(21)32/h6-7,14-16,23-24H,5,8-13,17-19H2,1-4H3,(H2,34,35,39)/t23-/m0/s1. The molecule has 1 aromatic carbocycles. The van der Waals surface area contributed by atoms with Crippen molar-refractivity contribution in [1.29, 1.82) is 0 Å². The van der Waals surface area contributed by atoms with Crippen molar-refractivity contribution in [2.45, 2.75) is 77.7 Å². The first-order chi connectivity index (χ1) is 18.5. The summed E-state index contributed by atoms with van der Waals surface area (Å²) < 4.78 is 14.3. The van der Waals surface area contributed by atoms with Gasteiger partial charge in [-0.2, -0.15) is 0 Å². The van der Waals surface area contributed by atoms with Gasteiger partial charge in [0.15, 0.2) is 0 Å². The Morgan fingerprint density at radius 3 is 2.51 bits per heavy atom. The molecule has 0 spiro atoms. The number of amides is 2. The number of piperazine rings is 1. The molecule has 2 aliphatic heterocycles. The van der Waals surface area contributed by atoms with Gasteiger partial charge >= 0.3 is 6.03 Å². The zero-order chi connectivity index (χ0) is 28.2. The number of benzene rings is 1. The molecule has 1 aromatic heterocycles. The summed E-state index contributed by atoms with van der Waals surface area (Å²) >= 11 is 12.6. The maximum atomic E-state index is 14.3. The van der Waals surface area contributed by atoms with Gasteiger partial charge in [-0.25, -0.2) is 14.2 Å². The van der Waals surface area contributed by atoms with E-state index < -0.39 is 0 Å². The number of aromatic nitrogens is 1. The van der Waals surface area contributed by atoms with Crippen molar-refractivity contribution >= 4 is 35.1 Å². The number of nitrogens with zero attached hydrogens (tertiary/aromatic N) is 4. The van der Waals surface area contributed by atoms with Crippen LogP contribution >= 0.6 is 23.2 Å². The Labute approximate surface area is 242 Å². The zero-order valence-electron chi connectivity index (χ0n) is 23.4. The van der Waals surface area contributed by atoms with Crippen LogP contribution < -0.4 is 15.5 Å². The highest BCUT2D eigenvalue weighted by molar-refractivity contribution is 6.33. The number of likely N-dealkylation sites (tertiary alicyclic amines) is 1. The van der Waals surface area contributed by atoms with Gasteiger partial charge in [0, 0.05) is 67.1 Å². The predicted molar refractivity (Wildman–Crippen MR) is 157 cm³/mol. The topological polar surface area (TPSA) is 63.7 Å². The van der Waals surface area contributed by atoms with Gasteiger partial charge in [0.1, 0.15) is 11.6 Å². The first kappa shape index (κ1) is 29.8. The molecule has 2 saturated heterocycles. The lowest BCUT2D eigenvalue weighted by Crippen LogP contribution is -2.58. The molecule has 1 atom stereocenters. The van der Waals surface area contributed by atoms with Crippen LogP contribution in [0.2, 0.25) is 10.0 Å². The molecule has 2 fully saturated rings. The summed E-state index contributed by atoms with van der Waals surface area (Å²) in [7, 11) is 0. The Hall–Kier alpha value is -2.13. The van der Waals surface area contributed by atoms with Crippen molar-refractivity contribution in [2.75, 3.05) is 37.6 Å². The maximum absolute atomic E-state index is 14.3. The van der Waals surface area contributed by atoms with Crippen molar-refractivity contribution in [3.63, 3.8) is 0 Å². The van der Waals surface area contributed by atoms with Crippen LogP contribution in [0.4, 0.5) is 15.0 Å². The number of carbonyl (C=O) groups is 1. The maximum Gasteiger partial charge on any atom is 0.315 e. The Morgan fingerprint density at radius 2 is 1.87 bits per heavy atom. The van der Waals surface area contributed by atoms with E-state index in [2.05, 4.69) is 37.2 Å². The quantitative estimate of drug-likeness (QED) is 0.442. The normalized spacial score (nSPS) is 19.8. The molecule has 2 aliphatic rings. The van der Waals surface area contributed by atoms with Crippen LogP contribution in [0.3, 0.4) is 0 Å². The van der Waals surface area contributed by atoms with Crippen LogP contribution in [0.5, 0.6) is 0 Å². The summed E-state index contributed by atoms with van der Waals surface area (Å²) in [6.07, 6.45) is 5.00. The molecular formula is C29H41Cl2FN6O. The predicted octanol–water partition coefficient (Wildman–Crippen LogP) is 5.69. The highest BCUT2D eigenvalue weighted by Gasteiger charge is 2.34. The van der Waals surface area contributed by atoms with Gasteiger partial charge in [-0.05, 0) is 76.9 Å². The van der Waals surface area contributed by atoms with E-state index in [9.17, 15) is 9.18 Å². The molecule has 0 bridgehead atoms. The molecule has 4 rings (SSSR count). The Kier molecular flexibility index (Phi) is 9.97. The Bertz CT molecular complexity index is 1140. The number of hydrogen-bond acceptors (Lipinski definition) is 5. The van der Waals surface area contributed by atoms with Gasteiger partial charge in [-0.1, -0.05) is 36.2 Å². The van der Waals surface area contributed by atoms with Crippen LogP contribution in [0.15, 0.2) is 30.5 Å². The minimum absolute atomic E-state index is 0.215. The second-order valence-corrected chi connectivity index (χ2v) is 12.5. The van der Waals surface area contributed by atoms with Crippen molar-refractivity contribution in [2.24, 2.45) is 0 Å². The van der Waals surface area contributed by atoms with E-state index in [0.717, 1.165) is 63.4 Å². The Morgan fingerprint density at radius 1 is 1.13 bits per heavy atom. The number of anilines is 1. The number of rotatable bonds is 7. The summed E-state index contributed by atoms with van der Waals surface area (Å²) in [5.74, 6) is 0.576. The van der Waals surface area contributed by atoms with E-state index >= 15 is 0 Å². The van der Waals surface area contributed by atoms with Crippen molar-refractivity contribution < 1.29 is 9.18 Å². The number of halogens is 3. The molecular weight excluding hydrogens is 538 g/mol. The van der Waals surface area contributed by atoms with Crippen LogP contribution in [0, 0.1) is 5.82 Å². The molecule has 3 heterocycles. The molecule has 0 radical (unpaired) electrons. The molecule has 0 unspecified atom stereocenters. The van der Waals surface area contributed by atoms with Crippen LogP contribution in [-0.4, -0.2) is 71.2 Å². The van der Waals surface area contributed by atoms with E-state index in [4.69, 9.17) is 23.2 Å². The lowest BCUT2D eigenvalue weighted by Gasteiger charge is -2.47. The summed E-state index contributed by atoms with van der Waals surface area (Å²) in [4.78, 5) is 24.0. The molecule has 39 heavy (non-hydrogen) atoms. The lowest BCUT2D eigenvalue weighted by atomic mass is 9.97. The Balaban J connectivity index is 1.29. The van der Waals surface area contributed by atoms with E-state index in [-0.39, 0.29) is 17.4 Å². The summed E-state index contributed by atoms with van der Waals surface area (Å²) in [5.41, 5.74) is 1.27. The van der Waals surface area contributed by atoms with E-state index in [1.165, 1.54) is 6.07 Å². The van der Waals surface area contributed by atoms with Crippen molar-refractivity contribution in [3.05, 3.63) is 57.5 Å². The summed E-state index contributed by atoms with van der Waals surface area (Å²) in [5, 5.41) is 6.80. The first-order valence-electron chi connectivity index (χ1n) is 13.9. The molecule has 0 saturated carbocycles. The second-order valence-electron chi connectivity index (χ2n) is 11.7. The van der Waals surface area contributed by atoms with Gasteiger partial charge in [0.05, 0.1) is 5.02 Å². The number of urea groups is 1. The molecule has 2 aromatic rings. The number of hydrogen-bond donors (Lipinski definition) is 2. The minimum atomic E-state index is -0.296. The van der Waals surface area contributed by atoms with Crippen LogP contribution in [0.25, 0.3) is 0 Å². The van der Waals surface area contributed by atoms with Gasteiger partial charge in [0.2, 0.25) is 0 Å².